The Morgan fingerprint density at radius 3 is 1.91 bits per heavy atom. The van der Waals surface area contributed by atoms with E-state index in [1.165, 1.54) is 55.7 Å². The van der Waals surface area contributed by atoms with Crippen molar-refractivity contribution >= 4 is 18.0 Å². The Labute approximate surface area is 281 Å². The minimum absolute atomic E-state index is 0. The second kappa shape index (κ2) is 41.2. The molecule has 0 aromatic rings. The fraction of sp³-hybridized carbons (Fsp3) is 0.774. The monoisotopic (exact) mass is 672 g/mol. The standard InChI is InChI=1S/C12H25NO2.C8H13N2O2.C4H10.C3H7N3.C2H6.C2H4.H2O2.V.H2/c1-11-7-6-9-12(11)8-4-2-3-5-10-13(14)15;1-6-2-3-10(7(6)5-11)8(12)4-9;1-4(2)3;4-2-1-3(5)6;3*1-2;;/h11-12,14-15H,2-10H2,1H3;6-7H,2-4,9H2,1H3;4H,1-3H3;1-2H,4H2,(H3,5,6);1-2H3;1-2H2;1-2H;;1H/q;-1;;;;;;;/b;;;2-1-;;;;;/t11?,12-;6-,7?;;;;;;;/m11......./s1. The molecule has 2 aliphatic rings. The quantitative estimate of drug-likeness (QED) is 0.0261. The molecular weight excluding hydrogens is 603 g/mol. The average Bonchev–Trinajstić information content (AvgIpc) is 3.57. The van der Waals surface area contributed by atoms with Crippen LogP contribution in [0, 0.1) is 29.1 Å². The third-order valence-electron chi connectivity index (χ3n) is 6.31. The van der Waals surface area contributed by atoms with E-state index in [-0.39, 0.29) is 50.2 Å². The minimum atomic E-state index is -0.374. The molecule has 2 unspecified atom stereocenters. The Morgan fingerprint density at radius 2 is 1.57 bits per heavy atom. The fourth-order valence-electron chi connectivity index (χ4n) is 4.29. The van der Waals surface area contributed by atoms with E-state index < -0.39 is 0 Å². The SMILES string of the molecule is C=C.CC.CC(C)C.CC1CCC[C@H]1CCCCCCN(O)O.C[C@@H]1CCN(C(=O)CN)C1[C-]=O.N=C(N)/C=C\N.OO.[HH].[V]. The van der Waals surface area contributed by atoms with Crippen LogP contribution in [0.4, 0.5) is 0 Å². The van der Waals surface area contributed by atoms with Crippen molar-refractivity contribution in [2.45, 2.75) is 112 Å². The molecule has 0 aromatic heterocycles. The largest absolute Gasteiger partial charge is 0.540 e. The smallest absolute Gasteiger partial charge is 0.234 e. The summed E-state index contributed by atoms with van der Waals surface area (Å²) in [6.07, 6.45) is 15.5. The van der Waals surface area contributed by atoms with E-state index in [1.54, 1.807) is 0 Å². The van der Waals surface area contributed by atoms with Crippen LogP contribution in [-0.4, -0.2) is 74.8 Å². The first kappa shape index (κ1) is 54.7. The van der Waals surface area contributed by atoms with Crippen molar-refractivity contribution in [1.29, 1.82) is 5.41 Å². The van der Waals surface area contributed by atoms with Gasteiger partial charge in [-0.05, 0) is 48.8 Å². The van der Waals surface area contributed by atoms with Crippen LogP contribution in [0.5, 0.6) is 0 Å². The van der Waals surface area contributed by atoms with Gasteiger partial charge < -0.3 is 26.9 Å². The molecule has 1 aliphatic heterocycles. The van der Waals surface area contributed by atoms with Gasteiger partial charge >= 0.3 is 0 Å². The van der Waals surface area contributed by atoms with Crippen LogP contribution in [0.2, 0.25) is 0 Å². The summed E-state index contributed by atoms with van der Waals surface area (Å²) in [6.45, 7) is 21.8. The van der Waals surface area contributed by atoms with Crippen molar-refractivity contribution in [2.75, 3.05) is 19.6 Å². The number of carbonyl (C=O) groups is 1. The summed E-state index contributed by atoms with van der Waals surface area (Å²) in [5.74, 6) is 2.79. The topological polar surface area (TPSA) is 223 Å². The third kappa shape index (κ3) is 36.4. The number of rotatable bonds is 10. The zero-order valence-corrected chi connectivity index (χ0v) is 30.0. The van der Waals surface area contributed by atoms with Crippen LogP contribution in [0.3, 0.4) is 0 Å². The molecule has 0 spiro atoms. The number of likely N-dealkylation sites (tertiary alicyclic amines) is 1. The first-order chi connectivity index (χ1) is 20.4. The molecular formula is C31H69N6O6V-. The molecule has 0 bridgehead atoms. The maximum atomic E-state index is 11.2. The number of amidine groups is 1. The van der Waals surface area contributed by atoms with E-state index in [0.29, 0.717) is 18.3 Å². The Balaban J connectivity index is -0.0000000862. The van der Waals surface area contributed by atoms with Crippen molar-refractivity contribution in [3.63, 3.8) is 0 Å². The maximum Gasteiger partial charge on any atom is 0.234 e. The van der Waals surface area contributed by atoms with Gasteiger partial charge in [-0.15, -0.1) is 13.2 Å². The zero-order chi connectivity index (χ0) is 34.8. The summed E-state index contributed by atoms with van der Waals surface area (Å²) in [5.41, 5.74) is 14.8. The molecule has 2 rings (SSSR count). The van der Waals surface area contributed by atoms with E-state index in [0.717, 1.165) is 37.0 Å². The number of carbonyl (C=O) groups excluding carboxylic acids is 2. The molecule has 1 amide bonds. The Hall–Kier alpha value is -1.77. The summed E-state index contributed by atoms with van der Waals surface area (Å²) in [4.78, 5) is 23.2. The van der Waals surface area contributed by atoms with Crippen LogP contribution >= 0.6 is 0 Å². The predicted molar refractivity (Wildman–Crippen MR) is 180 cm³/mol. The third-order valence-corrected chi connectivity index (χ3v) is 6.31. The number of nitrogens with zero attached hydrogens (tertiary/aromatic N) is 2. The van der Waals surface area contributed by atoms with E-state index in [9.17, 15) is 9.59 Å². The molecule has 12 nitrogen and oxygen atoms in total. The van der Waals surface area contributed by atoms with Crippen molar-refractivity contribution in [1.82, 2.24) is 10.1 Å². The second-order valence-corrected chi connectivity index (χ2v) is 10.6. The first-order valence-electron chi connectivity index (χ1n) is 15.4. The molecule has 1 radical (unpaired) electrons. The Morgan fingerprint density at radius 1 is 1.07 bits per heavy atom. The van der Waals surface area contributed by atoms with Crippen LogP contribution in [0.15, 0.2) is 25.4 Å². The normalized spacial score (nSPS) is 19.4. The van der Waals surface area contributed by atoms with Crippen molar-refractivity contribution < 1.29 is 50.5 Å². The molecule has 4 atom stereocenters. The average molecular weight is 673 g/mol. The molecule has 1 saturated carbocycles. The Bertz CT molecular complexity index is 663. The summed E-state index contributed by atoms with van der Waals surface area (Å²) < 4.78 is 0. The van der Waals surface area contributed by atoms with Gasteiger partial charge in [0.25, 0.3) is 0 Å². The van der Waals surface area contributed by atoms with Gasteiger partial charge in [-0.2, -0.15) is 0 Å². The minimum Gasteiger partial charge on any atom is -0.540 e. The van der Waals surface area contributed by atoms with Gasteiger partial charge in [-0.3, -0.25) is 31.1 Å². The van der Waals surface area contributed by atoms with Gasteiger partial charge in [0, 0.05) is 26.5 Å². The maximum absolute atomic E-state index is 11.2. The molecule has 1 heterocycles. The van der Waals surface area contributed by atoms with Crippen molar-refractivity contribution in [3.8, 4) is 0 Å². The predicted octanol–water partition coefficient (Wildman–Crippen LogP) is 5.89. The van der Waals surface area contributed by atoms with Gasteiger partial charge in [0.2, 0.25) is 5.91 Å². The van der Waals surface area contributed by atoms with Crippen LogP contribution in [0.25, 0.3) is 0 Å². The van der Waals surface area contributed by atoms with Gasteiger partial charge in [0.1, 0.15) is 5.84 Å². The molecule has 13 heteroatoms. The number of hydrogen-bond acceptors (Lipinski definition) is 10. The number of hydroxylamine groups is 2. The first-order valence-corrected chi connectivity index (χ1v) is 15.4. The number of nitrogens with one attached hydrogen (secondary N) is 1. The molecule has 44 heavy (non-hydrogen) atoms. The fourth-order valence-corrected chi connectivity index (χ4v) is 4.29. The van der Waals surface area contributed by atoms with E-state index in [2.05, 4.69) is 40.9 Å². The van der Waals surface area contributed by atoms with Gasteiger partial charge in [0.05, 0.1) is 13.1 Å². The number of unbranched alkanes of at least 4 members (excludes halogenated alkanes) is 3. The number of hydrogen-bond donors (Lipinski definition) is 8. The zero-order valence-electron chi connectivity index (χ0n) is 28.6. The van der Waals surface area contributed by atoms with Gasteiger partial charge in [-0.1, -0.05) is 105 Å². The molecule has 1 aliphatic carbocycles. The van der Waals surface area contributed by atoms with Crippen molar-refractivity contribution in [3.05, 3.63) is 25.4 Å². The van der Waals surface area contributed by atoms with Crippen molar-refractivity contribution in [2.24, 2.45) is 40.9 Å². The van der Waals surface area contributed by atoms with E-state index in [1.807, 2.05) is 27.1 Å². The molecule has 0 aromatic carbocycles. The molecule has 1 saturated heterocycles. The van der Waals surface area contributed by atoms with Gasteiger partial charge in [-0.25, -0.2) is 6.29 Å². The summed E-state index contributed by atoms with van der Waals surface area (Å²) in [5, 5.41) is 35.8. The van der Waals surface area contributed by atoms with E-state index in [4.69, 9.17) is 43.5 Å². The Kier molecular flexibility index (Phi) is 51.3. The number of nitrogens with two attached hydrogens (primary N) is 3. The number of amides is 1. The second-order valence-electron chi connectivity index (χ2n) is 10.6. The van der Waals surface area contributed by atoms with Crippen LogP contribution in [-0.2, 0) is 28.1 Å². The molecule has 265 valence electrons. The summed E-state index contributed by atoms with van der Waals surface area (Å²) in [6, 6.07) is -0.374. The van der Waals surface area contributed by atoms with E-state index >= 15 is 0 Å². The van der Waals surface area contributed by atoms with Crippen LogP contribution in [0.1, 0.15) is 108 Å². The molecule has 11 N–H and O–H groups in total. The molecule has 2 fully saturated rings. The summed E-state index contributed by atoms with van der Waals surface area (Å²) in [7, 11) is 0. The summed E-state index contributed by atoms with van der Waals surface area (Å²) >= 11 is 0. The van der Waals surface area contributed by atoms with Crippen LogP contribution < -0.4 is 17.2 Å². The van der Waals surface area contributed by atoms with Gasteiger partial charge in [0.15, 0.2) is 0 Å².